The summed E-state index contributed by atoms with van der Waals surface area (Å²) in [6, 6.07) is 17.6. The van der Waals surface area contributed by atoms with Crippen LogP contribution in [0.4, 0.5) is 13.2 Å². The highest BCUT2D eigenvalue weighted by Gasteiger charge is 2.36. The van der Waals surface area contributed by atoms with E-state index in [2.05, 4.69) is 60.0 Å². The van der Waals surface area contributed by atoms with Crippen LogP contribution in [0.2, 0.25) is 0 Å². The standard InChI is InChI=1S/C22H18BF3O3.2C16H36N/c24-19-8-2-16(3-9-19)22(14-1-15-29-23(27)28,17-4-10-20(25)11-5-17)18-6-12-21(26)13-7-18;2*1-5-9-13-17(14-10-6-2,15-11-7-3)16-12-8-4/h2-13H,1,14-15H2;2*5-16H2,1-4H3/q-2;2*+1. The van der Waals surface area contributed by atoms with Gasteiger partial charge in [-0.05, 0) is 117 Å². The smallest absolute Gasteiger partial charge is 0.123 e. The fourth-order valence-corrected chi connectivity index (χ4v) is 8.94. The Hall–Kier alpha value is -2.69. The van der Waals surface area contributed by atoms with Gasteiger partial charge in [-0.25, -0.2) is 13.2 Å². The minimum Gasteiger partial charge on any atom is -0.871 e. The molecule has 0 aliphatic rings. The lowest BCUT2D eigenvalue weighted by Gasteiger charge is -2.39. The monoisotopic (exact) mass is 883 g/mol. The molecule has 0 heterocycles. The van der Waals surface area contributed by atoms with Gasteiger partial charge in [0.05, 0.1) is 59.7 Å². The molecule has 0 N–H and O–H groups in total. The van der Waals surface area contributed by atoms with Crippen LogP contribution in [-0.2, 0) is 10.1 Å². The van der Waals surface area contributed by atoms with Crippen LogP contribution in [0.5, 0.6) is 0 Å². The van der Waals surface area contributed by atoms with Crippen molar-refractivity contribution < 1.29 is 36.8 Å². The van der Waals surface area contributed by atoms with Gasteiger partial charge in [0.25, 0.3) is 0 Å². The Labute approximate surface area is 385 Å². The Morgan fingerprint density at radius 3 is 0.810 bits per heavy atom. The van der Waals surface area contributed by atoms with Crippen molar-refractivity contribution in [1.82, 2.24) is 0 Å². The molecular weight excluding hydrogens is 792 g/mol. The molecule has 3 aromatic rings. The van der Waals surface area contributed by atoms with E-state index in [1.54, 1.807) is 36.4 Å². The average Bonchev–Trinajstić information content (AvgIpc) is 3.29. The van der Waals surface area contributed by atoms with Gasteiger partial charge in [-0.2, -0.15) is 0 Å². The lowest BCUT2D eigenvalue weighted by molar-refractivity contribution is -0.929. The van der Waals surface area contributed by atoms with E-state index >= 15 is 0 Å². The van der Waals surface area contributed by atoms with Gasteiger partial charge in [0.1, 0.15) is 17.5 Å². The number of hydrogen-bond acceptors (Lipinski definition) is 3. The molecule has 358 valence electrons. The summed E-state index contributed by atoms with van der Waals surface area (Å²) in [4.78, 5) is 0. The largest absolute Gasteiger partial charge is 0.871 e. The molecule has 0 aromatic heterocycles. The molecule has 0 amide bonds. The Bertz CT molecular complexity index is 1290. The van der Waals surface area contributed by atoms with E-state index in [-0.39, 0.29) is 6.61 Å². The first-order valence-corrected chi connectivity index (χ1v) is 25.3. The number of nitrogens with zero attached hydrogens (tertiary/aromatic N) is 2. The lowest BCUT2D eigenvalue weighted by atomic mass is 9.67. The maximum absolute atomic E-state index is 13.6. The first-order chi connectivity index (χ1) is 30.4. The molecule has 0 radical (unpaired) electrons. The number of unbranched alkanes of at least 4 members (excludes halogenated alkanes) is 8. The molecular formula is C54H90BF3N2O3. The predicted molar refractivity (Wildman–Crippen MR) is 259 cm³/mol. The molecule has 0 aliphatic carbocycles. The third-order valence-corrected chi connectivity index (χ3v) is 12.8. The summed E-state index contributed by atoms with van der Waals surface area (Å²) in [6.45, 7) is 30.0. The third kappa shape index (κ3) is 22.4. The van der Waals surface area contributed by atoms with Gasteiger partial charge in [0.15, 0.2) is 0 Å². The molecule has 0 atom stereocenters. The summed E-state index contributed by atoms with van der Waals surface area (Å²) in [5, 5.41) is 21.3. The van der Waals surface area contributed by atoms with Crippen LogP contribution in [0.3, 0.4) is 0 Å². The molecule has 0 fully saturated rings. The molecule has 3 rings (SSSR count). The zero-order valence-corrected chi connectivity index (χ0v) is 41.4. The van der Waals surface area contributed by atoms with Crippen LogP contribution in [0.15, 0.2) is 72.8 Å². The van der Waals surface area contributed by atoms with E-state index < -0.39 is 30.2 Å². The van der Waals surface area contributed by atoms with Gasteiger partial charge in [-0.15, -0.1) is 0 Å². The number of hydrogen-bond donors (Lipinski definition) is 0. The molecule has 9 heteroatoms. The van der Waals surface area contributed by atoms with Crippen molar-refractivity contribution in [3.05, 3.63) is 107 Å². The van der Waals surface area contributed by atoms with E-state index in [0.29, 0.717) is 29.5 Å². The number of benzene rings is 3. The Kier molecular flexibility index (Phi) is 32.1. The fourth-order valence-electron chi connectivity index (χ4n) is 8.94. The fraction of sp³-hybridized carbons (Fsp3) is 0.667. The van der Waals surface area contributed by atoms with Crippen LogP contribution in [-0.4, -0.2) is 75.3 Å². The van der Waals surface area contributed by atoms with E-state index in [0.717, 1.165) is 0 Å². The summed E-state index contributed by atoms with van der Waals surface area (Å²) in [7, 11) is -2.38. The van der Waals surface area contributed by atoms with E-state index in [1.807, 2.05) is 0 Å². The summed E-state index contributed by atoms with van der Waals surface area (Å²) < 4.78 is 48.2. The Morgan fingerprint density at radius 1 is 0.397 bits per heavy atom. The average molecular weight is 883 g/mol. The highest BCUT2D eigenvalue weighted by molar-refractivity contribution is 6.28. The number of halogens is 3. The molecule has 0 unspecified atom stereocenters. The maximum atomic E-state index is 13.6. The molecule has 0 saturated carbocycles. The van der Waals surface area contributed by atoms with Gasteiger partial charge in [-0.1, -0.05) is 143 Å². The second kappa shape index (κ2) is 34.6. The van der Waals surface area contributed by atoms with Crippen LogP contribution in [0.25, 0.3) is 0 Å². The molecule has 3 aromatic carbocycles. The van der Waals surface area contributed by atoms with E-state index in [4.69, 9.17) is 0 Å². The van der Waals surface area contributed by atoms with Crippen molar-refractivity contribution in [1.29, 1.82) is 0 Å². The maximum Gasteiger partial charge on any atom is 0.123 e. The van der Waals surface area contributed by atoms with E-state index in [9.17, 15) is 23.2 Å². The normalized spacial score (nSPS) is 11.8. The SMILES string of the molecule is CCCC[N+](CCCC)(CCCC)CCCC.CCCC[N+](CCCC)(CCCC)CCCC.[O-]B([O-])OCCCC(c1ccc(F)cc1)(c1ccc(F)cc1)c1ccc(F)cc1. The van der Waals surface area contributed by atoms with Gasteiger partial charge < -0.3 is 23.7 Å². The van der Waals surface area contributed by atoms with Crippen LogP contribution in [0.1, 0.15) is 188 Å². The minimum atomic E-state index is -2.38. The molecule has 5 nitrogen and oxygen atoms in total. The van der Waals surface area contributed by atoms with Crippen molar-refractivity contribution in [3.8, 4) is 0 Å². The van der Waals surface area contributed by atoms with Crippen molar-refractivity contribution in [2.45, 2.75) is 176 Å². The lowest BCUT2D eigenvalue weighted by Crippen LogP contribution is -2.50. The summed E-state index contributed by atoms with van der Waals surface area (Å²) in [6.07, 6.45) is 22.8. The Balaban J connectivity index is 0.000000506. The molecule has 0 saturated heterocycles. The molecule has 63 heavy (non-hydrogen) atoms. The van der Waals surface area contributed by atoms with Crippen LogP contribution >= 0.6 is 0 Å². The third-order valence-electron chi connectivity index (χ3n) is 12.8. The molecule has 0 aliphatic heterocycles. The highest BCUT2D eigenvalue weighted by Crippen LogP contribution is 2.43. The van der Waals surface area contributed by atoms with Gasteiger partial charge in [-0.3, -0.25) is 0 Å². The molecule has 0 bridgehead atoms. The second-order valence-electron chi connectivity index (χ2n) is 18.0. The summed E-state index contributed by atoms with van der Waals surface area (Å²) in [5.41, 5.74) is 1.23. The van der Waals surface area contributed by atoms with Crippen molar-refractivity contribution in [2.24, 2.45) is 0 Å². The first kappa shape index (κ1) is 58.3. The number of quaternary nitrogens is 2. The van der Waals surface area contributed by atoms with Gasteiger partial charge >= 0.3 is 0 Å². The van der Waals surface area contributed by atoms with Crippen molar-refractivity contribution in [2.75, 3.05) is 59.0 Å². The summed E-state index contributed by atoms with van der Waals surface area (Å²) >= 11 is 0. The minimum absolute atomic E-state index is 0.0665. The number of rotatable bonds is 32. The van der Waals surface area contributed by atoms with Gasteiger partial charge in [0.2, 0.25) is 0 Å². The van der Waals surface area contributed by atoms with Crippen molar-refractivity contribution in [3.63, 3.8) is 0 Å². The van der Waals surface area contributed by atoms with Gasteiger partial charge in [0, 0.05) is 12.0 Å². The zero-order valence-electron chi connectivity index (χ0n) is 41.4. The molecule has 0 spiro atoms. The summed E-state index contributed by atoms with van der Waals surface area (Å²) in [5.74, 6) is -1.24. The van der Waals surface area contributed by atoms with Crippen LogP contribution < -0.4 is 10.0 Å². The van der Waals surface area contributed by atoms with Crippen LogP contribution in [0, 0.1) is 17.5 Å². The van der Waals surface area contributed by atoms with Crippen molar-refractivity contribution >= 4 is 7.32 Å². The zero-order chi connectivity index (χ0) is 46.8. The second-order valence-corrected chi connectivity index (χ2v) is 18.0. The highest BCUT2D eigenvalue weighted by atomic mass is 19.1. The Morgan fingerprint density at radius 2 is 0.619 bits per heavy atom. The van der Waals surface area contributed by atoms with E-state index in [1.165, 1.54) is 200 Å². The topological polar surface area (TPSA) is 55.3 Å². The quantitative estimate of drug-likeness (QED) is 0.0272. The predicted octanol–water partition coefficient (Wildman–Crippen LogP) is 12.9. The first-order valence-electron chi connectivity index (χ1n) is 25.3.